The number of aromatic amines is 1. The van der Waals surface area contributed by atoms with Gasteiger partial charge in [-0.3, -0.25) is 4.79 Å². The van der Waals surface area contributed by atoms with Gasteiger partial charge in [-0.25, -0.2) is 4.98 Å². The maximum atomic E-state index is 12.3. The maximum absolute atomic E-state index is 12.3. The summed E-state index contributed by atoms with van der Waals surface area (Å²) in [5.74, 6) is 1.13. The summed E-state index contributed by atoms with van der Waals surface area (Å²) in [6, 6.07) is 13.5. The van der Waals surface area contributed by atoms with Crippen LogP contribution in [0, 0.1) is 0 Å². The first-order valence-corrected chi connectivity index (χ1v) is 8.72. The number of nitrogens with one attached hydrogen (secondary N) is 1. The highest BCUT2D eigenvalue weighted by Gasteiger charge is 2.19. The molecule has 4 rings (SSSR count). The zero-order valence-corrected chi connectivity index (χ0v) is 14.3. The van der Waals surface area contributed by atoms with Crippen LogP contribution in [0.2, 0.25) is 0 Å². The second-order valence-electron chi connectivity index (χ2n) is 6.25. The van der Waals surface area contributed by atoms with Crippen LogP contribution >= 0.6 is 0 Å². The Kier molecular flexibility index (Phi) is 4.84. The van der Waals surface area contributed by atoms with Gasteiger partial charge in [0.15, 0.2) is 0 Å². The summed E-state index contributed by atoms with van der Waals surface area (Å²) in [6.45, 7) is 1.77. The quantitative estimate of drug-likeness (QED) is 0.764. The van der Waals surface area contributed by atoms with Crippen LogP contribution < -0.4 is 15.0 Å². The van der Waals surface area contributed by atoms with Crippen molar-refractivity contribution in [3.05, 3.63) is 64.7 Å². The number of hydrogen-bond donors (Lipinski definition) is 1. The van der Waals surface area contributed by atoms with Crippen molar-refractivity contribution in [2.24, 2.45) is 0 Å². The lowest BCUT2D eigenvalue weighted by molar-refractivity contribution is 0.0261. The number of fused-ring (bicyclic) bond motifs is 1. The molecule has 6 nitrogen and oxygen atoms in total. The van der Waals surface area contributed by atoms with Gasteiger partial charge in [-0.05, 0) is 5.56 Å². The smallest absolute Gasteiger partial charge is 0.262 e. The van der Waals surface area contributed by atoms with Crippen LogP contribution in [-0.4, -0.2) is 29.3 Å². The first kappa shape index (κ1) is 16.6. The molecule has 0 amide bonds. The van der Waals surface area contributed by atoms with Crippen molar-refractivity contribution < 1.29 is 14.2 Å². The molecule has 0 bridgehead atoms. The van der Waals surface area contributed by atoms with Gasteiger partial charge in [-0.1, -0.05) is 30.3 Å². The lowest BCUT2D eigenvalue weighted by Gasteiger charge is -2.24. The molecule has 6 heteroatoms. The van der Waals surface area contributed by atoms with Crippen molar-refractivity contribution in [2.75, 3.05) is 13.2 Å². The number of benzene rings is 2. The molecule has 0 saturated carbocycles. The Labute approximate surface area is 150 Å². The van der Waals surface area contributed by atoms with Crippen LogP contribution in [0.5, 0.6) is 11.5 Å². The van der Waals surface area contributed by atoms with Crippen molar-refractivity contribution in [3.8, 4) is 11.5 Å². The third-order valence-corrected chi connectivity index (χ3v) is 4.39. The zero-order chi connectivity index (χ0) is 17.8. The van der Waals surface area contributed by atoms with E-state index in [2.05, 4.69) is 9.97 Å². The van der Waals surface area contributed by atoms with Crippen molar-refractivity contribution in [2.45, 2.75) is 25.6 Å². The van der Waals surface area contributed by atoms with E-state index in [0.717, 1.165) is 18.4 Å². The monoisotopic (exact) mass is 352 g/mol. The molecular weight excluding hydrogens is 332 g/mol. The van der Waals surface area contributed by atoms with E-state index in [1.54, 1.807) is 12.1 Å². The highest BCUT2D eigenvalue weighted by Crippen LogP contribution is 2.30. The largest absolute Gasteiger partial charge is 0.489 e. The Balaban J connectivity index is 1.64. The average molecular weight is 352 g/mol. The first-order chi connectivity index (χ1) is 12.8. The lowest BCUT2D eigenvalue weighted by Crippen LogP contribution is -2.26. The Bertz CT molecular complexity index is 933. The summed E-state index contributed by atoms with van der Waals surface area (Å²) in [4.78, 5) is 19.2. The fraction of sp³-hybridized carbons (Fsp3) is 0.300. The third kappa shape index (κ3) is 3.70. The van der Waals surface area contributed by atoms with E-state index in [4.69, 9.17) is 14.2 Å². The normalized spacial score (nSPS) is 15.1. The fourth-order valence-electron chi connectivity index (χ4n) is 3.03. The standard InChI is InChI=1S/C20H20N2O4/c23-20-19-17(21-13-22-20)10-16(25-12-14-4-2-1-3-5-14)11-18(19)26-15-6-8-24-9-7-15/h1-5,10-11,13,15H,6-9,12H2,(H,21,22,23). The molecule has 1 aliphatic heterocycles. The predicted molar refractivity (Wildman–Crippen MR) is 97.6 cm³/mol. The van der Waals surface area contributed by atoms with Crippen LogP contribution in [0.3, 0.4) is 0 Å². The number of ether oxygens (including phenoxy) is 3. The van der Waals surface area contributed by atoms with Gasteiger partial charge < -0.3 is 19.2 Å². The number of aromatic nitrogens is 2. The summed E-state index contributed by atoms with van der Waals surface area (Å²) >= 11 is 0. The van der Waals surface area contributed by atoms with Gasteiger partial charge in [-0.2, -0.15) is 0 Å². The van der Waals surface area contributed by atoms with Crippen LogP contribution in [0.15, 0.2) is 53.6 Å². The molecule has 2 heterocycles. The van der Waals surface area contributed by atoms with Gasteiger partial charge in [-0.15, -0.1) is 0 Å². The molecule has 134 valence electrons. The minimum atomic E-state index is -0.216. The van der Waals surface area contributed by atoms with Gasteiger partial charge in [0.2, 0.25) is 0 Å². The summed E-state index contributed by atoms with van der Waals surface area (Å²) in [5.41, 5.74) is 1.41. The van der Waals surface area contributed by atoms with E-state index < -0.39 is 0 Å². The Morgan fingerprint density at radius 2 is 1.96 bits per heavy atom. The third-order valence-electron chi connectivity index (χ3n) is 4.39. The van der Waals surface area contributed by atoms with Gasteiger partial charge in [0.25, 0.3) is 5.56 Å². The molecule has 0 aliphatic carbocycles. The maximum Gasteiger partial charge on any atom is 0.262 e. The molecule has 1 saturated heterocycles. The van der Waals surface area contributed by atoms with Gasteiger partial charge in [0.1, 0.15) is 29.6 Å². The summed E-state index contributed by atoms with van der Waals surface area (Å²) < 4.78 is 17.4. The SMILES string of the molecule is O=c1[nH]cnc2cc(OCc3ccccc3)cc(OC3CCOCC3)c12. The summed E-state index contributed by atoms with van der Waals surface area (Å²) in [7, 11) is 0. The average Bonchev–Trinajstić information content (AvgIpc) is 2.68. The van der Waals surface area contributed by atoms with Crippen molar-refractivity contribution in [1.82, 2.24) is 9.97 Å². The molecule has 3 aromatic rings. The highest BCUT2D eigenvalue weighted by molar-refractivity contribution is 5.85. The molecule has 1 aromatic heterocycles. The van der Waals surface area contributed by atoms with Crippen LogP contribution in [-0.2, 0) is 11.3 Å². The van der Waals surface area contributed by atoms with E-state index in [-0.39, 0.29) is 11.7 Å². The number of nitrogens with zero attached hydrogens (tertiary/aromatic N) is 1. The van der Waals surface area contributed by atoms with E-state index in [9.17, 15) is 4.79 Å². The molecule has 2 aromatic carbocycles. The molecule has 0 atom stereocenters. The Morgan fingerprint density at radius 3 is 2.77 bits per heavy atom. The molecular formula is C20H20N2O4. The predicted octanol–water partition coefficient (Wildman–Crippen LogP) is 3.06. The zero-order valence-electron chi connectivity index (χ0n) is 14.3. The Hall–Kier alpha value is -2.86. The molecule has 0 unspecified atom stereocenters. The van der Waals surface area contributed by atoms with E-state index in [1.165, 1.54) is 6.33 Å². The van der Waals surface area contributed by atoms with Crippen LogP contribution in [0.1, 0.15) is 18.4 Å². The topological polar surface area (TPSA) is 73.4 Å². The van der Waals surface area contributed by atoms with Crippen LogP contribution in [0.25, 0.3) is 10.9 Å². The second-order valence-corrected chi connectivity index (χ2v) is 6.25. The second kappa shape index (κ2) is 7.58. The van der Waals surface area contributed by atoms with Gasteiger partial charge >= 0.3 is 0 Å². The van der Waals surface area contributed by atoms with Gasteiger partial charge in [0, 0.05) is 25.0 Å². The van der Waals surface area contributed by atoms with E-state index in [0.29, 0.717) is 42.2 Å². The fourth-order valence-corrected chi connectivity index (χ4v) is 3.03. The van der Waals surface area contributed by atoms with E-state index >= 15 is 0 Å². The minimum absolute atomic E-state index is 0.0240. The number of rotatable bonds is 5. The van der Waals surface area contributed by atoms with Crippen molar-refractivity contribution in [1.29, 1.82) is 0 Å². The minimum Gasteiger partial charge on any atom is -0.489 e. The molecule has 0 radical (unpaired) electrons. The first-order valence-electron chi connectivity index (χ1n) is 8.72. The molecule has 26 heavy (non-hydrogen) atoms. The molecule has 1 aliphatic rings. The summed E-state index contributed by atoms with van der Waals surface area (Å²) in [5, 5.41) is 0.450. The molecule has 1 fully saturated rings. The number of H-pyrrole nitrogens is 1. The van der Waals surface area contributed by atoms with Crippen molar-refractivity contribution >= 4 is 10.9 Å². The van der Waals surface area contributed by atoms with Crippen molar-refractivity contribution in [3.63, 3.8) is 0 Å². The highest BCUT2D eigenvalue weighted by atomic mass is 16.5. The number of hydrogen-bond acceptors (Lipinski definition) is 5. The summed E-state index contributed by atoms with van der Waals surface area (Å²) in [6.07, 6.45) is 3.02. The van der Waals surface area contributed by atoms with Crippen LogP contribution in [0.4, 0.5) is 0 Å². The molecule has 1 N–H and O–H groups in total. The molecule has 0 spiro atoms. The Morgan fingerprint density at radius 1 is 1.15 bits per heavy atom. The van der Waals surface area contributed by atoms with Gasteiger partial charge in [0.05, 0.1) is 25.1 Å². The van der Waals surface area contributed by atoms with E-state index in [1.807, 2.05) is 30.3 Å². The lowest BCUT2D eigenvalue weighted by atomic mass is 10.1.